The van der Waals surface area contributed by atoms with Crippen LogP contribution in [0.25, 0.3) is 11.0 Å². The van der Waals surface area contributed by atoms with Gasteiger partial charge in [-0.2, -0.15) is 0 Å². The van der Waals surface area contributed by atoms with Crippen molar-refractivity contribution in [2.75, 3.05) is 18.9 Å². The van der Waals surface area contributed by atoms with Crippen molar-refractivity contribution in [3.63, 3.8) is 0 Å². The number of nitrogens with zero attached hydrogens (tertiary/aromatic N) is 3. The van der Waals surface area contributed by atoms with Gasteiger partial charge < -0.3 is 14.8 Å². The van der Waals surface area contributed by atoms with Gasteiger partial charge >= 0.3 is 0 Å². The number of hydrogen-bond acceptors (Lipinski definition) is 3. The minimum Gasteiger partial charge on any atom is -0.335 e. The predicted molar refractivity (Wildman–Crippen MR) is 107 cm³/mol. The van der Waals surface area contributed by atoms with E-state index in [1.54, 1.807) is 7.05 Å². The molecule has 0 unspecified atom stereocenters. The van der Waals surface area contributed by atoms with Crippen molar-refractivity contribution in [2.45, 2.75) is 27.3 Å². The Balaban J connectivity index is 1.66. The molecule has 3 rings (SSSR count). The van der Waals surface area contributed by atoms with E-state index in [1.165, 1.54) is 4.90 Å². The molecule has 2 aromatic carbocycles. The third-order valence-electron chi connectivity index (χ3n) is 4.61. The molecule has 0 spiro atoms. The number of benzene rings is 2. The van der Waals surface area contributed by atoms with Gasteiger partial charge in [-0.05, 0) is 50.1 Å². The van der Waals surface area contributed by atoms with Gasteiger partial charge in [-0.25, -0.2) is 4.98 Å². The lowest BCUT2D eigenvalue weighted by Gasteiger charge is -2.18. The fraction of sp³-hybridized carbons (Fsp3) is 0.286. The number of nitrogens with one attached hydrogen (secondary N) is 1. The molecule has 0 atom stereocenters. The molecule has 2 amide bonds. The summed E-state index contributed by atoms with van der Waals surface area (Å²) in [6, 6.07) is 13.6. The number of amides is 2. The summed E-state index contributed by atoms with van der Waals surface area (Å²) in [6.45, 7) is 5.94. The maximum absolute atomic E-state index is 12.6. The highest BCUT2D eigenvalue weighted by molar-refractivity contribution is 5.95. The number of fused-ring (bicyclic) bond motifs is 1. The zero-order valence-electron chi connectivity index (χ0n) is 16.1. The third kappa shape index (κ3) is 4.16. The first-order chi connectivity index (χ1) is 12.8. The maximum Gasteiger partial charge on any atom is 0.243 e. The summed E-state index contributed by atoms with van der Waals surface area (Å²) >= 11 is 0. The van der Waals surface area contributed by atoms with E-state index in [4.69, 9.17) is 0 Å². The molecule has 6 heteroatoms. The first kappa shape index (κ1) is 18.6. The van der Waals surface area contributed by atoms with E-state index in [9.17, 15) is 9.59 Å². The lowest BCUT2D eigenvalue weighted by molar-refractivity contribution is -0.133. The van der Waals surface area contributed by atoms with Crippen molar-refractivity contribution in [1.82, 2.24) is 14.5 Å². The number of rotatable bonds is 5. The summed E-state index contributed by atoms with van der Waals surface area (Å²) in [7, 11) is 1.64. The monoisotopic (exact) mass is 364 g/mol. The minimum absolute atomic E-state index is 0.00209. The summed E-state index contributed by atoms with van der Waals surface area (Å²) in [5.41, 5.74) is 4.61. The number of carbonyl (C=O) groups is 2. The van der Waals surface area contributed by atoms with Crippen molar-refractivity contribution < 1.29 is 9.59 Å². The van der Waals surface area contributed by atoms with Gasteiger partial charge in [0, 0.05) is 12.7 Å². The topological polar surface area (TPSA) is 67.2 Å². The van der Waals surface area contributed by atoms with Gasteiger partial charge in [0.2, 0.25) is 11.8 Å². The van der Waals surface area contributed by atoms with Crippen molar-refractivity contribution in [1.29, 1.82) is 0 Å². The Morgan fingerprint density at radius 2 is 1.85 bits per heavy atom. The zero-order valence-corrected chi connectivity index (χ0v) is 16.1. The highest BCUT2D eigenvalue weighted by Gasteiger charge is 2.17. The average Bonchev–Trinajstić information content (AvgIpc) is 2.93. The SMILES string of the molecule is Cc1ccc(C)c(NC(=O)CN(C)C(=O)Cn2c(C)nc3ccccc32)c1. The number of anilines is 1. The zero-order chi connectivity index (χ0) is 19.6. The van der Waals surface area contributed by atoms with Crippen LogP contribution in [-0.2, 0) is 16.1 Å². The van der Waals surface area contributed by atoms with Crippen LogP contribution in [0.4, 0.5) is 5.69 Å². The molecule has 0 fully saturated rings. The lowest BCUT2D eigenvalue weighted by Crippen LogP contribution is -2.37. The Bertz CT molecular complexity index is 1010. The minimum atomic E-state index is -0.216. The molecule has 1 heterocycles. The second-order valence-corrected chi connectivity index (χ2v) is 6.85. The van der Waals surface area contributed by atoms with E-state index >= 15 is 0 Å². The van der Waals surface area contributed by atoms with E-state index in [0.717, 1.165) is 33.7 Å². The van der Waals surface area contributed by atoms with Gasteiger partial charge in [0.05, 0.1) is 17.6 Å². The van der Waals surface area contributed by atoms with Gasteiger partial charge in [0.1, 0.15) is 12.4 Å². The van der Waals surface area contributed by atoms with Crippen LogP contribution in [0, 0.1) is 20.8 Å². The van der Waals surface area contributed by atoms with Crippen LogP contribution in [0.3, 0.4) is 0 Å². The lowest BCUT2D eigenvalue weighted by atomic mass is 10.1. The van der Waals surface area contributed by atoms with Crippen LogP contribution in [0.2, 0.25) is 0 Å². The first-order valence-corrected chi connectivity index (χ1v) is 8.88. The molecular formula is C21H24N4O2. The molecule has 1 aromatic heterocycles. The van der Waals surface area contributed by atoms with Crippen LogP contribution in [-0.4, -0.2) is 39.9 Å². The molecule has 3 aromatic rings. The molecule has 0 saturated heterocycles. The maximum atomic E-state index is 12.6. The number of imidazole rings is 1. The Kier molecular flexibility index (Phi) is 5.26. The Hall–Kier alpha value is -3.15. The number of hydrogen-bond donors (Lipinski definition) is 1. The molecule has 0 bridgehead atoms. The highest BCUT2D eigenvalue weighted by atomic mass is 16.2. The summed E-state index contributed by atoms with van der Waals surface area (Å²) < 4.78 is 1.87. The van der Waals surface area contributed by atoms with Crippen LogP contribution in [0.15, 0.2) is 42.5 Å². The average molecular weight is 364 g/mol. The molecule has 0 radical (unpaired) electrons. The number of para-hydroxylation sites is 2. The summed E-state index contributed by atoms with van der Waals surface area (Å²) in [4.78, 5) is 30.9. The van der Waals surface area contributed by atoms with E-state index in [2.05, 4.69) is 10.3 Å². The fourth-order valence-electron chi connectivity index (χ4n) is 3.02. The smallest absolute Gasteiger partial charge is 0.243 e. The summed E-state index contributed by atoms with van der Waals surface area (Å²) in [6.07, 6.45) is 0. The van der Waals surface area contributed by atoms with Gasteiger partial charge in [-0.3, -0.25) is 9.59 Å². The Morgan fingerprint density at radius 3 is 2.63 bits per heavy atom. The second-order valence-electron chi connectivity index (χ2n) is 6.85. The van der Waals surface area contributed by atoms with Crippen LogP contribution < -0.4 is 5.32 Å². The number of likely N-dealkylation sites (N-methyl/N-ethyl adjacent to an activating group) is 1. The second kappa shape index (κ2) is 7.61. The largest absolute Gasteiger partial charge is 0.335 e. The first-order valence-electron chi connectivity index (χ1n) is 8.88. The van der Waals surface area contributed by atoms with Crippen molar-refractivity contribution in [3.8, 4) is 0 Å². The molecule has 0 aliphatic heterocycles. The van der Waals surface area contributed by atoms with E-state index < -0.39 is 0 Å². The summed E-state index contributed by atoms with van der Waals surface area (Å²) in [5.74, 6) is 0.418. The van der Waals surface area contributed by atoms with Crippen LogP contribution in [0.5, 0.6) is 0 Å². The Labute approximate surface area is 158 Å². The molecule has 0 aliphatic rings. The van der Waals surface area contributed by atoms with E-state index in [-0.39, 0.29) is 24.9 Å². The van der Waals surface area contributed by atoms with Crippen molar-refractivity contribution in [2.24, 2.45) is 0 Å². The van der Waals surface area contributed by atoms with E-state index in [1.807, 2.05) is 67.8 Å². The number of aromatic nitrogens is 2. The molecule has 0 aliphatic carbocycles. The molecule has 6 nitrogen and oxygen atoms in total. The Morgan fingerprint density at radius 1 is 1.11 bits per heavy atom. The normalized spacial score (nSPS) is 10.8. The van der Waals surface area contributed by atoms with Crippen molar-refractivity contribution in [3.05, 3.63) is 59.4 Å². The van der Waals surface area contributed by atoms with Gasteiger partial charge in [-0.1, -0.05) is 24.3 Å². The van der Waals surface area contributed by atoms with E-state index in [0.29, 0.717) is 0 Å². The summed E-state index contributed by atoms with van der Waals surface area (Å²) in [5, 5.41) is 2.88. The number of aryl methyl sites for hydroxylation is 3. The molecular weight excluding hydrogens is 340 g/mol. The van der Waals surface area contributed by atoms with Crippen LogP contribution in [0.1, 0.15) is 17.0 Å². The van der Waals surface area contributed by atoms with Crippen molar-refractivity contribution >= 4 is 28.5 Å². The number of carbonyl (C=O) groups excluding carboxylic acids is 2. The third-order valence-corrected chi connectivity index (χ3v) is 4.61. The fourth-order valence-corrected chi connectivity index (χ4v) is 3.02. The van der Waals surface area contributed by atoms with Gasteiger partial charge in [0.15, 0.2) is 0 Å². The standard InChI is InChI=1S/C21H24N4O2/c1-14-9-10-15(2)18(11-14)23-20(26)12-24(4)21(27)13-25-16(3)22-17-7-5-6-8-19(17)25/h5-11H,12-13H2,1-4H3,(H,23,26). The quantitative estimate of drug-likeness (QED) is 0.757. The predicted octanol–water partition coefficient (Wildman–Crippen LogP) is 3.06. The molecule has 0 saturated carbocycles. The van der Waals surface area contributed by atoms with Gasteiger partial charge in [-0.15, -0.1) is 0 Å². The molecule has 140 valence electrons. The van der Waals surface area contributed by atoms with Gasteiger partial charge in [0.25, 0.3) is 0 Å². The van der Waals surface area contributed by atoms with Crippen LogP contribution >= 0.6 is 0 Å². The molecule has 1 N–H and O–H groups in total. The molecule has 27 heavy (non-hydrogen) atoms. The highest BCUT2D eigenvalue weighted by Crippen LogP contribution is 2.17.